The lowest BCUT2D eigenvalue weighted by atomic mass is 10.0. The molecule has 1 atom stereocenters. The molecule has 43 heavy (non-hydrogen) atoms. The van der Waals surface area contributed by atoms with Crippen molar-refractivity contribution in [2.75, 3.05) is 63.9 Å². The minimum absolute atomic E-state index is 0.0493. The lowest BCUT2D eigenvalue weighted by Gasteiger charge is -2.23. The second-order valence-corrected chi connectivity index (χ2v) is 10.6. The van der Waals surface area contributed by atoms with Crippen LogP contribution < -0.4 is 30.1 Å². The van der Waals surface area contributed by atoms with E-state index in [9.17, 15) is 27.9 Å². The topological polar surface area (TPSA) is 109 Å². The fraction of sp³-hybridized carbons (Fsp3) is 0.433. The molecule has 3 aromatic rings. The van der Waals surface area contributed by atoms with Gasteiger partial charge in [-0.25, -0.2) is 0 Å². The van der Waals surface area contributed by atoms with E-state index >= 15 is 0 Å². The SMILES string of the molecule is CNC(=O)CC1CCN(c2ccc(C(F)(F)F)c(-n3nc(-c4cc(OC)cc(OC)c4)c4c(c3=O)N(CCO)CC4)c2)C1. The summed E-state index contributed by atoms with van der Waals surface area (Å²) in [7, 11) is 4.54. The van der Waals surface area contributed by atoms with E-state index in [1.54, 1.807) is 30.1 Å². The molecule has 230 valence electrons. The Bertz CT molecular complexity index is 1550. The van der Waals surface area contributed by atoms with E-state index in [0.29, 0.717) is 72.9 Å². The number of nitrogens with one attached hydrogen (secondary N) is 1. The van der Waals surface area contributed by atoms with Crippen LogP contribution in [0.25, 0.3) is 16.9 Å². The van der Waals surface area contributed by atoms with Crippen LogP contribution in [0.15, 0.2) is 41.2 Å². The highest BCUT2D eigenvalue weighted by Gasteiger charge is 2.37. The van der Waals surface area contributed by atoms with Crippen molar-refractivity contribution >= 4 is 17.3 Å². The molecular weight excluding hydrogens is 567 g/mol. The molecule has 1 unspecified atom stereocenters. The van der Waals surface area contributed by atoms with Gasteiger partial charge < -0.3 is 29.7 Å². The Hall–Kier alpha value is -4.26. The summed E-state index contributed by atoms with van der Waals surface area (Å²) < 4.78 is 54.9. The van der Waals surface area contributed by atoms with E-state index in [0.717, 1.165) is 10.7 Å². The highest BCUT2D eigenvalue weighted by molar-refractivity contribution is 5.76. The summed E-state index contributed by atoms with van der Waals surface area (Å²) in [4.78, 5) is 29.5. The van der Waals surface area contributed by atoms with Crippen LogP contribution >= 0.6 is 0 Å². The quantitative estimate of drug-likeness (QED) is 0.385. The molecule has 5 rings (SSSR count). The van der Waals surface area contributed by atoms with Gasteiger partial charge in [-0.15, -0.1) is 0 Å². The number of aliphatic hydroxyl groups is 1. The van der Waals surface area contributed by atoms with Gasteiger partial charge in [-0.1, -0.05) is 0 Å². The normalized spacial score (nSPS) is 16.4. The van der Waals surface area contributed by atoms with Gasteiger partial charge in [0.2, 0.25) is 5.91 Å². The first-order valence-electron chi connectivity index (χ1n) is 14.0. The highest BCUT2D eigenvalue weighted by atomic mass is 19.4. The van der Waals surface area contributed by atoms with Crippen molar-refractivity contribution in [1.29, 1.82) is 0 Å². The number of rotatable bonds is 9. The molecule has 1 saturated heterocycles. The summed E-state index contributed by atoms with van der Waals surface area (Å²) in [6.07, 6.45) is -3.33. The number of methoxy groups -OCH3 is 2. The van der Waals surface area contributed by atoms with Crippen molar-refractivity contribution in [2.24, 2.45) is 5.92 Å². The molecule has 0 bridgehead atoms. The first-order chi connectivity index (χ1) is 20.6. The zero-order chi connectivity index (χ0) is 30.9. The molecule has 0 saturated carbocycles. The van der Waals surface area contributed by atoms with Gasteiger partial charge in [0, 0.05) is 62.5 Å². The van der Waals surface area contributed by atoms with Gasteiger partial charge in [0.25, 0.3) is 5.56 Å². The molecule has 1 aromatic heterocycles. The fourth-order valence-electron chi connectivity index (χ4n) is 5.88. The Kier molecular flexibility index (Phi) is 8.54. The number of benzene rings is 2. The molecule has 13 heteroatoms. The van der Waals surface area contributed by atoms with E-state index in [1.807, 2.05) is 4.90 Å². The predicted octanol–water partition coefficient (Wildman–Crippen LogP) is 3.25. The van der Waals surface area contributed by atoms with Crippen molar-refractivity contribution in [3.05, 3.63) is 57.9 Å². The molecule has 10 nitrogen and oxygen atoms in total. The molecule has 2 aliphatic rings. The summed E-state index contributed by atoms with van der Waals surface area (Å²) >= 11 is 0. The molecule has 1 fully saturated rings. The molecule has 0 aliphatic carbocycles. The number of carbonyl (C=O) groups is 1. The van der Waals surface area contributed by atoms with Gasteiger partial charge in [-0.05, 0) is 49.1 Å². The van der Waals surface area contributed by atoms with E-state index in [-0.39, 0.29) is 30.7 Å². The number of β-amino-alcohol motifs (C(OH)–C–C–N with tert-alkyl or cyclic N) is 1. The number of nitrogens with zero attached hydrogens (tertiary/aromatic N) is 4. The van der Waals surface area contributed by atoms with E-state index in [4.69, 9.17) is 9.47 Å². The van der Waals surface area contributed by atoms with Gasteiger partial charge in [-0.2, -0.15) is 23.0 Å². The highest BCUT2D eigenvalue weighted by Crippen LogP contribution is 2.39. The van der Waals surface area contributed by atoms with Gasteiger partial charge in [0.15, 0.2) is 0 Å². The lowest BCUT2D eigenvalue weighted by molar-refractivity contribution is -0.137. The number of aliphatic hydroxyl groups excluding tert-OH is 1. The van der Waals surface area contributed by atoms with Crippen molar-refractivity contribution in [3.63, 3.8) is 0 Å². The largest absolute Gasteiger partial charge is 0.497 e. The number of aromatic nitrogens is 2. The number of carbonyl (C=O) groups excluding carboxylic acids is 1. The van der Waals surface area contributed by atoms with Gasteiger partial charge in [0.1, 0.15) is 17.2 Å². The summed E-state index contributed by atoms with van der Waals surface area (Å²) in [5, 5.41) is 16.9. The summed E-state index contributed by atoms with van der Waals surface area (Å²) in [6.45, 7) is 1.35. The van der Waals surface area contributed by atoms with Crippen LogP contribution in [0.2, 0.25) is 0 Å². The predicted molar refractivity (Wildman–Crippen MR) is 155 cm³/mol. The molecular formula is C30H34F3N5O5. The van der Waals surface area contributed by atoms with E-state index in [2.05, 4.69) is 10.4 Å². The van der Waals surface area contributed by atoms with Crippen LogP contribution in [0, 0.1) is 5.92 Å². The van der Waals surface area contributed by atoms with E-state index < -0.39 is 23.0 Å². The van der Waals surface area contributed by atoms with Crippen molar-refractivity contribution in [3.8, 4) is 28.4 Å². The number of fused-ring (bicyclic) bond motifs is 1. The van der Waals surface area contributed by atoms with Crippen LogP contribution in [0.3, 0.4) is 0 Å². The Balaban J connectivity index is 1.70. The number of amides is 1. The minimum atomic E-state index is -4.77. The van der Waals surface area contributed by atoms with Crippen LogP contribution in [0.4, 0.5) is 24.5 Å². The molecule has 1 amide bonds. The summed E-state index contributed by atoms with van der Waals surface area (Å²) in [5.41, 5.74) is -0.0229. The van der Waals surface area contributed by atoms with Gasteiger partial charge in [0.05, 0.1) is 37.8 Å². The second kappa shape index (κ2) is 12.2. The third kappa shape index (κ3) is 5.99. The Morgan fingerprint density at radius 2 is 1.84 bits per heavy atom. The zero-order valence-electron chi connectivity index (χ0n) is 24.2. The van der Waals surface area contributed by atoms with Crippen molar-refractivity contribution < 1.29 is 32.5 Å². The third-order valence-electron chi connectivity index (χ3n) is 8.03. The number of hydrogen-bond donors (Lipinski definition) is 2. The van der Waals surface area contributed by atoms with Crippen LogP contribution in [0.5, 0.6) is 11.5 Å². The third-order valence-corrected chi connectivity index (χ3v) is 8.03. The van der Waals surface area contributed by atoms with Crippen LogP contribution in [-0.2, 0) is 17.4 Å². The first kappa shape index (κ1) is 30.2. The Morgan fingerprint density at radius 3 is 2.47 bits per heavy atom. The van der Waals surface area contributed by atoms with Gasteiger partial charge >= 0.3 is 6.18 Å². The molecule has 0 spiro atoms. The maximum absolute atomic E-state index is 14.4. The second-order valence-electron chi connectivity index (χ2n) is 10.6. The smallest absolute Gasteiger partial charge is 0.418 e. The number of anilines is 2. The minimum Gasteiger partial charge on any atom is -0.497 e. The Labute approximate surface area is 246 Å². The Morgan fingerprint density at radius 1 is 1.12 bits per heavy atom. The monoisotopic (exact) mass is 601 g/mol. The lowest BCUT2D eigenvalue weighted by Crippen LogP contribution is -2.33. The zero-order valence-corrected chi connectivity index (χ0v) is 24.2. The van der Waals surface area contributed by atoms with Crippen molar-refractivity contribution in [2.45, 2.75) is 25.4 Å². The van der Waals surface area contributed by atoms with Crippen LogP contribution in [0.1, 0.15) is 24.0 Å². The van der Waals surface area contributed by atoms with Crippen LogP contribution in [-0.4, -0.2) is 74.8 Å². The fourth-order valence-corrected chi connectivity index (χ4v) is 5.88. The first-order valence-corrected chi connectivity index (χ1v) is 14.0. The molecule has 2 aromatic carbocycles. The molecule has 0 radical (unpaired) electrons. The van der Waals surface area contributed by atoms with Crippen molar-refractivity contribution in [1.82, 2.24) is 15.1 Å². The maximum atomic E-state index is 14.4. The average molecular weight is 602 g/mol. The number of hydrogen-bond acceptors (Lipinski definition) is 8. The molecule has 2 aliphatic heterocycles. The summed E-state index contributed by atoms with van der Waals surface area (Å²) in [5.74, 6) is 0.855. The van der Waals surface area contributed by atoms with E-state index in [1.165, 1.54) is 26.4 Å². The number of alkyl halides is 3. The summed E-state index contributed by atoms with van der Waals surface area (Å²) in [6, 6.07) is 8.74. The maximum Gasteiger partial charge on any atom is 0.418 e. The number of ether oxygens (including phenoxy) is 2. The molecule has 3 heterocycles. The number of halogens is 3. The average Bonchev–Trinajstić information content (AvgIpc) is 3.64. The van der Waals surface area contributed by atoms with Gasteiger partial charge in [-0.3, -0.25) is 9.59 Å². The molecule has 2 N–H and O–H groups in total. The standard InChI is InChI=1S/C30H34F3N5O5/c1-34-26(40)12-18-6-8-37(17-18)20-4-5-24(30(31,32)33)25(15-20)38-29(41)28-23(7-9-36(28)10-11-39)27(35-38)19-13-21(42-2)16-22(14-19)43-3/h4-5,13-16,18,39H,6-12,17H2,1-3H3,(H,34,40).